The van der Waals surface area contributed by atoms with Crippen molar-refractivity contribution in [3.8, 4) is 22.6 Å². The highest BCUT2D eigenvalue weighted by Gasteiger charge is 2.19. The first-order valence-corrected chi connectivity index (χ1v) is 8.44. The van der Waals surface area contributed by atoms with Crippen molar-refractivity contribution in [2.24, 2.45) is 0 Å². The molecular weight excluding hydrogens is 280 g/mol. The Labute approximate surface area is 138 Å². The van der Waals surface area contributed by atoms with E-state index in [1.165, 1.54) is 24.8 Å². The molecule has 3 aromatic rings. The van der Waals surface area contributed by atoms with Crippen LogP contribution in [-0.4, -0.2) is 0 Å². The zero-order valence-electron chi connectivity index (χ0n) is 13.7. The lowest BCUT2D eigenvalue weighted by molar-refractivity contribution is 0.577. The molecule has 0 aliphatic heterocycles. The molecule has 0 unspecified atom stereocenters. The van der Waals surface area contributed by atoms with E-state index in [1.54, 1.807) is 0 Å². The van der Waals surface area contributed by atoms with E-state index in [4.69, 9.17) is 4.42 Å². The fourth-order valence-electron chi connectivity index (χ4n) is 2.77. The maximum atomic E-state index is 6.20. The van der Waals surface area contributed by atoms with E-state index >= 15 is 0 Å². The summed E-state index contributed by atoms with van der Waals surface area (Å²) in [7, 11) is 0. The Bertz CT molecular complexity index is 675. The van der Waals surface area contributed by atoms with Gasteiger partial charge in [-0.1, -0.05) is 56.2 Å². The second-order valence-electron chi connectivity index (χ2n) is 5.88. The zero-order chi connectivity index (χ0) is 15.9. The van der Waals surface area contributed by atoms with Crippen LogP contribution in [0.5, 0.6) is 0 Å². The molecule has 1 heteroatoms. The van der Waals surface area contributed by atoms with Gasteiger partial charge >= 0.3 is 11.5 Å². The van der Waals surface area contributed by atoms with E-state index in [-0.39, 0.29) is 0 Å². The van der Waals surface area contributed by atoms with E-state index in [9.17, 15) is 0 Å². The number of rotatable bonds is 6. The van der Waals surface area contributed by atoms with Crippen LogP contribution in [-0.2, 0) is 6.42 Å². The molecule has 0 radical (unpaired) electrons. The van der Waals surface area contributed by atoms with Gasteiger partial charge in [-0.05, 0) is 42.7 Å². The van der Waals surface area contributed by atoms with Crippen LogP contribution < -0.4 is 0 Å². The summed E-state index contributed by atoms with van der Waals surface area (Å²) in [4.78, 5) is 0. The van der Waals surface area contributed by atoms with E-state index in [0.29, 0.717) is 0 Å². The molecule has 0 saturated carbocycles. The number of hydrogen-bond donors (Lipinski definition) is 0. The van der Waals surface area contributed by atoms with Gasteiger partial charge in [-0.25, -0.2) is 4.42 Å². The van der Waals surface area contributed by atoms with Gasteiger partial charge in [0.25, 0.3) is 0 Å². The Hall–Kier alpha value is -2.41. The van der Waals surface area contributed by atoms with Crippen LogP contribution in [0.15, 0.2) is 77.2 Å². The highest BCUT2D eigenvalue weighted by Crippen LogP contribution is 2.29. The van der Waals surface area contributed by atoms with Crippen molar-refractivity contribution in [1.29, 1.82) is 0 Å². The third-order valence-electron chi connectivity index (χ3n) is 4.04. The Morgan fingerprint density at radius 2 is 1.22 bits per heavy atom. The normalized spacial score (nSPS) is 10.7. The minimum Gasteiger partial charge on any atom is -0.207 e. The Morgan fingerprint density at radius 1 is 0.696 bits per heavy atom. The van der Waals surface area contributed by atoms with Crippen molar-refractivity contribution in [2.45, 2.75) is 32.6 Å². The van der Waals surface area contributed by atoms with E-state index in [0.717, 1.165) is 29.1 Å². The molecular formula is C22H23O+. The van der Waals surface area contributed by atoms with Gasteiger partial charge in [-0.15, -0.1) is 0 Å². The Kier molecular flexibility index (Phi) is 5.21. The maximum absolute atomic E-state index is 6.20. The first-order valence-electron chi connectivity index (χ1n) is 8.44. The average Bonchev–Trinajstić information content (AvgIpc) is 2.63. The second kappa shape index (κ2) is 7.73. The molecule has 1 heterocycles. The van der Waals surface area contributed by atoms with Gasteiger partial charge in [-0.3, -0.25) is 0 Å². The monoisotopic (exact) mass is 303 g/mol. The standard InChI is InChI=1S/C22H23O/c1-2-3-6-11-18-16-21(19-12-7-4-8-13-19)23-22(17-18)20-14-9-5-10-15-20/h4-5,7-10,12-17H,2-3,6,11H2,1H3/q+1. The molecule has 23 heavy (non-hydrogen) atoms. The van der Waals surface area contributed by atoms with Crippen molar-refractivity contribution in [3.05, 3.63) is 78.4 Å². The van der Waals surface area contributed by atoms with E-state index in [1.807, 2.05) is 12.1 Å². The molecule has 1 aromatic heterocycles. The maximum Gasteiger partial charge on any atom is 0.361 e. The largest absolute Gasteiger partial charge is 0.361 e. The smallest absolute Gasteiger partial charge is 0.207 e. The lowest BCUT2D eigenvalue weighted by Gasteiger charge is -2.01. The van der Waals surface area contributed by atoms with Gasteiger partial charge in [0.05, 0.1) is 11.1 Å². The third kappa shape index (κ3) is 4.07. The SMILES string of the molecule is CCCCCc1cc(-c2ccccc2)[o+]c(-c2ccccc2)c1. The second-order valence-corrected chi connectivity index (χ2v) is 5.88. The van der Waals surface area contributed by atoms with Crippen molar-refractivity contribution in [1.82, 2.24) is 0 Å². The summed E-state index contributed by atoms with van der Waals surface area (Å²) in [6.45, 7) is 2.24. The summed E-state index contributed by atoms with van der Waals surface area (Å²) in [5.74, 6) is 1.89. The van der Waals surface area contributed by atoms with Gasteiger partial charge in [-0.2, -0.15) is 0 Å². The first-order chi connectivity index (χ1) is 11.4. The molecule has 2 aromatic carbocycles. The quantitative estimate of drug-likeness (QED) is 0.367. The molecule has 0 bridgehead atoms. The molecule has 3 rings (SSSR count). The van der Waals surface area contributed by atoms with Gasteiger partial charge < -0.3 is 0 Å². The summed E-state index contributed by atoms with van der Waals surface area (Å²) in [6, 6.07) is 25.1. The minimum absolute atomic E-state index is 0.943. The first kappa shape index (κ1) is 15.5. The molecule has 1 nitrogen and oxygen atoms in total. The molecule has 0 spiro atoms. The van der Waals surface area contributed by atoms with Crippen molar-refractivity contribution >= 4 is 0 Å². The molecule has 0 N–H and O–H groups in total. The summed E-state index contributed by atoms with van der Waals surface area (Å²) >= 11 is 0. The van der Waals surface area contributed by atoms with Crippen LogP contribution >= 0.6 is 0 Å². The predicted octanol–water partition coefficient (Wildman–Crippen LogP) is 6.63. The average molecular weight is 303 g/mol. The van der Waals surface area contributed by atoms with E-state index < -0.39 is 0 Å². The fourth-order valence-corrected chi connectivity index (χ4v) is 2.77. The number of hydrogen-bond acceptors (Lipinski definition) is 0. The number of unbranched alkanes of at least 4 members (excludes halogenated alkanes) is 2. The third-order valence-corrected chi connectivity index (χ3v) is 4.04. The molecule has 0 aliphatic carbocycles. The zero-order valence-corrected chi connectivity index (χ0v) is 13.7. The van der Waals surface area contributed by atoms with Gasteiger partial charge in [0, 0.05) is 12.1 Å². The minimum atomic E-state index is 0.943. The molecule has 0 saturated heterocycles. The summed E-state index contributed by atoms with van der Waals surface area (Å²) in [5, 5.41) is 0. The fraction of sp³-hybridized carbons (Fsp3) is 0.227. The number of benzene rings is 2. The topological polar surface area (TPSA) is 11.3 Å². The lowest BCUT2D eigenvalue weighted by Crippen LogP contribution is -1.90. The summed E-state index contributed by atoms with van der Waals surface area (Å²) < 4.78 is 6.20. The van der Waals surface area contributed by atoms with Crippen LogP contribution in [0, 0.1) is 0 Å². The van der Waals surface area contributed by atoms with Crippen LogP contribution in [0.1, 0.15) is 31.7 Å². The van der Waals surface area contributed by atoms with E-state index in [2.05, 4.69) is 67.6 Å². The highest BCUT2D eigenvalue weighted by atomic mass is 16.3. The van der Waals surface area contributed by atoms with Crippen LogP contribution in [0.4, 0.5) is 0 Å². The lowest BCUT2D eigenvalue weighted by atomic mass is 10.0. The van der Waals surface area contributed by atoms with Crippen molar-refractivity contribution in [2.75, 3.05) is 0 Å². The Balaban J connectivity index is 2.00. The van der Waals surface area contributed by atoms with Crippen LogP contribution in [0.2, 0.25) is 0 Å². The highest BCUT2D eigenvalue weighted by molar-refractivity contribution is 5.64. The van der Waals surface area contributed by atoms with Gasteiger partial charge in [0.2, 0.25) is 0 Å². The van der Waals surface area contributed by atoms with Crippen molar-refractivity contribution in [3.63, 3.8) is 0 Å². The molecule has 0 amide bonds. The van der Waals surface area contributed by atoms with Crippen molar-refractivity contribution < 1.29 is 4.42 Å². The van der Waals surface area contributed by atoms with Crippen LogP contribution in [0.3, 0.4) is 0 Å². The summed E-state index contributed by atoms with van der Waals surface area (Å²) in [5.41, 5.74) is 3.60. The van der Waals surface area contributed by atoms with Crippen LogP contribution in [0.25, 0.3) is 22.6 Å². The molecule has 116 valence electrons. The molecule has 0 fully saturated rings. The molecule has 0 atom stereocenters. The predicted molar refractivity (Wildman–Crippen MR) is 97.2 cm³/mol. The summed E-state index contributed by atoms with van der Waals surface area (Å²) in [6.07, 6.45) is 4.84. The Morgan fingerprint density at radius 3 is 1.70 bits per heavy atom. The van der Waals surface area contributed by atoms with Gasteiger partial charge in [0.1, 0.15) is 0 Å². The molecule has 0 aliphatic rings. The van der Waals surface area contributed by atoms with Gasteiger partial charge in [0.15, 0.2) is 0 Å². The number of aryl methyl sites for hydroxylation is 1.